The summed E-state index contributed by atoms with van der Waals surface area (Å²) in [5.41, 5.74) is 0.568. The number of ether oxygens (including phenoxy) is 1. The van der Waals surface area contributed by atoms with Gasteiger partial charge in [0.25, 0.3) is 5.91 Å². The molecule has 1 amide bonds. The highest BCUT2D eigenvalue weighted by Gasteiger charge is 2.37. The molecule has 0 aromatic heterocycles. The third kappa shape index (κ3) is 5.02. The SMILES string of the molecule is COC(=O)[C@@H](CCO[Si](C)(C)C(C)(C)C)NC(=O)c1c2ccccc2cc2ccccc12. The molecule has 0 saturated heterocycles. The van der Waals surface area contributed by atoms with Gasteiger partial charge in [-0.2, -0.15) is 0 Å². The van der Waals surface area contributed by atoms with Crippen molar-refractivity contribution < 1.29 is 18.8 Å². The van der Waals surface area contributed by atoms with E-state index in [1.165, 1.54) is 7.11 Å². The molecule has 3 aromatic carbocycles. The molecule has 0 unspecified atom stereocenters. The Morgan fingerprint density at radius 1 is 0.969 bits per heavy atom. The second-order valence-electron chi connectivity index (χ2n) is 9.64. The number of carbonyl (C=O) groups excluding carboxylic acids is 2. The highest BCUT2D eigenvalue weighted by atomic mass is 28.4. The second-order valence-corrected chi connectivity index (χ2v) is 14.4. The summed E-state index contributed by atoms with van der Waals surface area (Å²) in [6, 6.07) is 16.9. The lowest BCUT2D eigenvalue weighted by Gasteiger charge is -2.36. The molecule has 0 radical (unpaired) electrons. The first-order valence-electron chi connectivity index (χ1n) is 11.0. The molecule has 0 spiro atoms. The fraction of sp³-hybridized carbons (Fsp3) is 0.385. The number of fused-ring (bicyclic) bond motifs is 2. The second kappa shape index (κ2) is 9.43. The standard InChI is InChI=1S/C26H33NO4Si/c1-26(2,3)32(5,6)31-16-15-22(25(29)30-4)27-24(28)23-20-13-9-7-11-18(20)17-19-12-8-10-14-21(19)23/h7-14,17,22H,15-16H2,1-6H3,(H,27,28)/t22-/m1/s1. The molecule has 0 aliphatic rings. The van der Waals surface area contributed by atoms with E-state index in [-0.39, 0.29) is 10.9 Å². The van der Waals surface area contributed by atoms with Crippen LogP contribution < -0.4 is 5.32 Å². The predicted molar refractivity (Wildman–Crippen MR) is 132 cm³/mol. The van der Waals surface area contributed by atoms with Gasteiger partial charge in [-0.25, -0.2) is 4.79 Å². The van der Waals surface area contributed by atoms with Gasteiger partial charge in [-0.1, -0.05) is 69.3 Å². The van der Waals surface area contributed by atoms with E-state index in [1.54, 1.807) is 0 Å². The molecule has 170 valence electrons. The van der Waals surface area contributed by atoms with E-state index in [4.69, 9.17) is 9.16 Å². The molecular formula is C26H33NO4Si. The Bertz CT molecular complexity index is 1080. The predicted octanol–water partition coefficient (Wildman–Crippen LogP) is 5.68. The monoisotopic (exact) mass is 451 g/mol. The smallest absolute Gasteiger partial charge is 0.328 e. The number of methoxy groups -OCH3 is 1. The fourth-order valence-corrected chi connectivity index (χ4v) is 4.59. The molecule has 5 nitrogen and oxygen atoms in total. The first-order valence-corrected chi connectivity index (χ1v) is 13.9. The van der Waals surface area contributed by atoms with Crippen molar-refractivity contribution in [1.82, 2.24) is 5.32 Å². The van der Waals surface area contributed by atoms with Crippen LogP contribution >= 0.6 is 0 Å². The Labute approximate surface area is 191 Å². The summed E-state index contributed by atoms with van der Waals surface area (Å²) >= 11 is 0. The number of carbonyl (C=O) groups is 2. The minimum atomic E-state index is -1.96. The van der Waals surface area contributed by atoms with E-state index in [9.17, 15) is 9.59 Å². The maximum Gasteiger partial charge on any atom is 0.328 e. The zero-order chi connectivity index (χ0) is 23.5. The van der Waals surface area contributed by atoms with Crippen LogP contribution in [-0.4, -0.2) is 40.0 Å². The maximum absolute atomic E-state index is 13.5. The summed E-state index contributed by atoms with van der Waals surface area (Å²) in [4.78, 5) is 25.9. The highest BCUT2D eigenvalue weighted by Crippen LogP contribution is 2.36. The van der Waals surface area contributed by atoms with Crippen molar-refractivity contribution in [3.63, 3.8) is 0 Å². The van der Waals surface area contributed by atoms with Gasteiger partial charge in [0.2, 0.25) is 0 Å². The van der Waals surface area contributed by atoms with Gasteiger partial charge in [0.05, 0.1) is 12.7 Å². The molecule has 3 rings (SSSR count). The molecule has 0 bridgehead atoms. The van der Waals surface area contributed by atoms with E-state index in [0.717, 1.165) is 21.5 Å². The number of esters is 1. The quantitative estimate of drug-likeness (QED) is 0.285. The third-order valence-electron chi connectivity index (χ3n) is 6.46. The molecule has 0 fully saturated rings. The molecule has 0 heterocycles. The van der Waals surface area contributed by atoms with E-state index >= 15 is 0 Å². The molecule has 1 N–H and O–H groups in total. The lowest BCUT2D eigenvalue weighted by molar-refractivity contribution is -0.143. The normalized spacial score (nSPS) is 13.2. The van der Waals surface area contributed by atoms with Gasteiger partial charge >= 0.3 is 5.97 Å². The summed E-state index contributed by atoms with van der Waals surface area (Å²) in [6.45, 7) is 11.2. The molecule has 0 aliphatic heterocycles. The zero-order valence-electron chi connectivity index (χ0n) is 19.8. The maximum atomic E-state index is 13.5. The van der Waals surface area contributed by atoms with Gasteiger partial charge in [0.1, 0.15) is 6.04 Å². The van der Waals surface area contributed by atoms with Crippen molar-refractivity contribution in [2.75, 3.05) is 13.7 Å². The van der Waals surface area contributed by atoms with Gasteiger partial charge in [0.15, 0.2) is 8.32 Å². The van der Waals surface area contributed by atoms with E-state index in [2.05, 4.69) is 45.2 Å². The van der Waals surface area contributed by atoms with Gasteiger partial charge < -0.3 is 14.5 Å². The third-order valence-corrected chi connectivity index (χ3v) is 11.0. The number of amides is 1. The molecule has 32 heavy (non-hydrogen) atoms. The Morgan fingerprint density at radius 3 is 2.00 bits per heavy atom. The van der Waals surface area contributed by atoms with Crippen LogP contribution in [0.5, 0.6) is 0 Å². The number of nitrogens with one attached hydrogen (secondary N) is 1. The van der Waals surface area contributed by atoms with Gasteiger partial charge in [-0.05, 0) is 45.7 Å². The first kappa shape index (κ1) is 23.9. The van der Waals surface area contributed by atoms with Gasteiger partial charge in [-0.15, -0.1) is 0 Å². The van der Waals surface area contributed by atoms with Crippen molar-refractivity contribution in [1.29, 1.82) is 0 Å². The fourth-order valence-electron chi connectivity index (χ4n) is 3.53. The van der Waals surface area contributed by atoms with E-state index in [1.807, 2.05) is 48.5 Å². The minimum absolute atomic E-state index is 0.0683. The molecule has 1 atom stereocenters. The molecular weight excluding hydrogens is 418 g/mol. The van der Waals surface area contributed by atoms with Crippen molar-refractivity contribution in [3.05, 3.63) is 60.2 Å². The summed E-state index contributed by atoms with van der Waals surface area (Å²) in [6.07, 6.45) is 0.355. The van der Waals surface area contributed by atoms with Crippen LogP contribution in [0.3, 0.4) is 0 Å². The lowest BCUT2D eigenvalue weighted by atomic mass is 9.96. The average Bonchev–Trinajstić information content (AvgIpc) is 2.75. The van der Waals surface area contributed by atoms with Gasteiger partial charge in [0, 0.05) is 13.0 Å². The Hall–Kier alpha value is -2.70. The summed E-state index contributed by atoms with van der Waals surface area (Å²) in [5.74, 6) is -0.762. The van der Waals surface area contributed by atoms with Crippen molar-refractivity contribution in [2.24, 2.45) is 0 Å². The topological polar surface area (TPSA) is 64.6 Å². The lowest BCUT2D eigenvalue weighted by Crippen LogP contribution is -2.45. The van der Waals surface area contributed by atoms with Crippen LogP contribution in [-0.2, 0) is 14.0 Å². The summed E-state index contributed by atoms with van der Waals surface area (Å²) < 4.78 is 11.2. The van der Waals surface area contributed by atoms with Crippen LogP contribution in [0.4, 0.5) is 0 Å². The van der Waals surface area contributed by atoms with E-state index < -0.39 is 20.3 Å². The molecule has 6 heteroatoms. The molecule has 0 saturated carbocycles. The van der Waals surface area contributed by atoms with Crippen LogP contribution in [0.15, 0.2) is 54.6 Å². The molecule has 0 aliphatic carbocycles. The van der Waals surface area contributed by atoms with Crippen LogP contribution in [0, 0.1) is 0 Å². The molecule has 3 aromatic rings. The summed E-state index contributed by atoms with van der Waals surface area (Å²) in [5, 5.41) is 6.64. The average molecular weight is 452 g/mol. The van der Waals surface area contributed by atoms with Crippen molar-refractivity contribution >= 4 is 41.7 Å². The Kier molecular flexibility index (Phi) is 7.05. The van der Waals surface area contributed by atoms with Crippen LogP contribution in [0.1, 0.15) is 37.6 Å². The first-order chi connectivity index (χ1) is 15.0. The van der Waals surface area contributed by atoms with E-state index in [0.29, 0.717) is 18.6 Å². The van der Waals surface area contributed by atoms with Crippen molar-refractivity contribution in [3.8, 4) is 0 Å². The largest absolute Gasteiger partial charge is 0.467 e. The van der Waals surface area contributed by atoms with Crippen LogP contribution in [0.25, 0.3) is 21.5 Å². The number of benzene rings is 3. The highest BCUT2D eigenvalue weighted by molar-refractivity contribution is 6.74. The van der Waals surface area contributed by atoms with Crippen molar-refractivity contribution in [2.45, 2.75) is 51.4 Å². The number of hydrogen-bond acceptors (Lipinski definition) is 4. The van der Waals surface area contributed by atoms with Crippen LogP contribution in [0.2, 0.25) is 18.1 Å². The van der Waals surface area contributed by atoms with Gasteiger partial charge in [-0.3, -0.25) is 4.79 Å². The summed E-state index contributed by atoms with van der Waals surface area (Å²) in [7, 11) is -0.621. The Morgan fingerprint density at radius 2 is 1.50 bits per heavy atom. The minimum Gasteiger partial charge on any atom is -0.467 e. The number of rotatable bonds is 7. The zero-order valence-corrected chi connectivity index (χ0v) is 20.8. The Balaban J connectivity index is 1.88. The number of hydrogen-bond donors (Lipinski definition) is 1.